The number of hydrogen-bond acceptors (Lipinski definition) is 3. The number of halogens is 1. The van der Waals surface area contributed by atoms with Crippen molar-refractivity contribution in [1.29, 1.82) is 0 Å². The van der Waals surface area contributed by atoms with Crippen LogP contribution in [0.1, 0.15) is 94.0 Å². The van der Waals surface area contributed by atoms with Gasteiger partial charge in [0.05, 0.1) is 12.2 Å². The molecule has 3 aromatic rings. The van der Waals surface area contributed by atoms with Crippen molar-refractivity contribution in [2.45, 2.75) is 84.5 Å². The molecule has 0 radical (unpaired) electrons. The van der Waals surface area contributed by atoms with Gasteiger partial charge in [-0.2, -0.15) is 0 Å². The van der Waals surface area contributed by atoms with Crippen LogP contribution in [-0.2, 0) is 6.42 Å². The zero-order chi connectivity index (χ0) is 26.3. The maximum Gasteiger partial charge on any atom is 0.343 e. The number of esters is 1. The Hall–Kier alpha value is -3.14. The minimum atomic E-state index is -0.596. The normalized spacial score (nSPS) is 10.9. The van der Waals surface area contributed by atoms with E-state index in [-0.39, 0.29) is 11.3 Å². The van der Waals surface area contributed by atoms with Gasteiger partial charge in [-0.1, -0.05) is 102 Å². The second kappa shape index (κ2) is 15.9. The van der Waals surface area contributed by atoms with Gasteiger partial charge in [0.2, 0.25) is 0 Å². The van der Waals surface area contributed by atoms with Gasteiger partial charge in [0.25, 0.3) is 0 Å². The SMILES string of the molecule is CCCCCCCCCOc1ccc(C(=O)Oc2ccc(-c3ccc(CCCCC)cc3)cc2)cc1F. The van der Waals surface area contributed by atoms with Crippen LogP contribution >= 0.6 is 0 Å². The fraction of sp³-hybridized carbons (Fsp3) is 0.424. The van der Waals surface area contributed by atoms with E-state index in [0.717, 1.165) is 30.4 Å². The molecule has 37 heavy (non-hydrogen) atoms. The molecular formula is C33H41FO3. The summed E-state index contributed by atoms with van der Waals surface area (Å²) in [6.45, 7) is 4.90. The van der Waals surface area contributed by atoms with Gasteiger partial charge in [0, 0.05) is 0 Å². The van der Waals surface area contributed by atoms with Gasteiger partial charge in [-0.3, -0.25) is 0 Å². The third-order valence-electron chi connectivity index (χ3n) is 6.59. The van der Waals surface area contributed by atoms with Gasteiger partial charge >= 0.3 is 5.97 Å². The summed E-state index contributed by atoms with van der Waals surface area (Å²) in [5.74, 6) is -0.555. The molecule has 0 aliphatic carbocycles. The summed E-state index contributed by atoms with van der Waals surface area (Å²) in [5, 5.41) is 0. The topological polar surface area (TPSA) is 35.5 Å². The van der Waals surface area contributed by atoms with E-state index in [2.05, 4.69) is 38.1 Å². The first-order chi connectivity index (χ1) is 18.1. The van der Waals surface area contributed by atoms with E-state index >= 15 is 0 Å². The minimum absolute atomic E-state index is 0.156. The van der Waals surface area contributed by atoms with Crippen LogP contribution < -0.4 is 9.47 Å². The standard InChI is InChI=1S/C33H41FO3/c1-3-5-7-8-9-10-12-24-36-32-23-20-29(25-31(32)34)33(35)37-30-21-18-28(19-22-30)27-16-14-26(15-17-27)13-11-6-4-2/h14-23,25H,3-13,24H2,1-2H3. The van der Waals surface area contributed by atoms with Crippen molar-refractivity contribution >= 4 is 5.97 Å². The maximum atomic E-state index is 14.5. The van der Waals surface area contributed by atoms with Crippen molar-refractivity contribution in [3.05, 3.63) is 83.7 Å². The summed E-state index contributed by atoms with van der Waals surface area (Å²) in [7, 11) is 0. The first kappa shape index (κ1) is 28.4. The molecule has 0 fully saturated rings. The van der Waals surface area contributed by atoms with Crippen LogP contribution in [0.25, 0.3) is 11.1 Å². The fourth-order valence-corrected chi connectivity index (χ4v) is 4.31. The minimum Gasteiger partial charge on any atom is -0.491 e. The van der Waals surface area contributed by atoms with E-state index in [4.69, 9.17) is 9.47 Å². The highest BCUT2D eigenvalue weighted by Gasteiger charge is 2.13. The highest BCUT2D eigenvalue weighted by atomic mass is 19.1. The predicted octanol–water partition coefficient (Wildman–Crippen LogP) is 9.57. The van der Waals surface area contributed by atoms with Crippen molar-refractivity contribution in [1.82, 2.24) is 0 Å². The molecule has 0 atom stereocenters. The second-order valence-electron chi connectivity index (χ2n) is 9.68. The molecule has 0 aliphatic heterocycles. The number of unbranched alkanes of at least 4 members (excludes halogenated alkanes) is 8. The Balaban J connectivity index is 1.46. The van der Waals surface area contributed by atoms with Gasteiger partial charge in [-0.25, -0.2) is 9.18 Å². The van der Waals surface area contributed by atoms with Crippen LogP contribution in [0.5, 0.6) is 11.5 Å². The fourth-order valence-electron chi connectivity index (χ4n) is 4.31. The summed E-state index contributed by atoms with van der Waals surface area (Å²) >= 11 is 0. The molecule has 3 nitrogen and oxygen atoms in total. The monoisotopic (exact) mass is 504 g/mol. The van der Waals surface area contributed by atoms with Crippen LogP contribution in [0, 0.1) is 5.82 Å². The third-order valence-corrected chi connectivity index (χ3v) is 6.59. The quantitative estimate of drug-likeness (QED) is 0.111. The van der Waals surface area contributed by atoms with E-state index in [1.165, 1.54) is 69.1 Å². The lowest BCUT2D eigenvalue weighted by atomic mass is 10.0. The molecule has 0 aliphatic rings. The zero-order valence-corrected chi connectivity index (χ0v) is 22.4. The van der Waals surface area contributed by atoms with Gasteiger partial charge < -0.3 is 9.47 Å². The van der Waals surface area contributed by atoms with Gasteiger partial charge in [0.1, 0.15) is 5.75 Å². The van der Waals surface area contributed by atoms with Crippen LogP contribution in [-0.4, -0.2) is 12.6 Å². The van der Waals surface area contributed by atoms with Gasteiger partial charge in [-0.05, 0) is 66.3 Å². The molecule has 3 aromatic carbocycles. The number of aryl methyl sites for hydroxylation is 1. The lowest BCUT2D eigenvalue weighted by molar-refractivity contribution is 0.0734. The molecule has 0 saturated carbocycles. The second-order valence-corrected chi connectivity index (χ2v) is 9.68. The number of hydrogen-bond donors (Lipinski definition) is 0. The van der Waals surface area contributed by atoms with Crippen molar-refractivity contribution in [3.63, 3.8) is 0 Å². The summed E-state index contributed by atoms with van der Waals surface area (Å²) in [6, 6.07) is 20.2. The van der Waals surface area contributed by atoms with E-state index in [0.29, 0.717) is 12.4 Å². The van der Waals surface area contributed by atoms with E-state index < -0.39 is 11.8 Å². The van der Waals surface area contributed by atoms with Crippen molar-refractivity contribution in [2.24, 2.45) is 0 Å². The van der Waals surface area contributed by atoms with Crippen LogP contribution in [0.2, 0.25) is 0 Å². The van der Waals surface area contributed by atoms with E-state index in [9.17, 15) is 9.18 Å². The Morgan fingerprint density at radius 1 is 0.703 bits per heavy atom. The molecule has 0 aromatic heterocycles. The highest BCUT2D eigenvalue weighted by Crippen LogP contribution is 2.25. The number of ether oxygens (including phenoxy) is 2. The molecule has 0 bridgehead atoms. The van der Waals surface area contributed by atoms with Crippen molar-refractivity contribution in [3.8, 4) is 22.6 Å². The third kappa shape index (κ3) is 9.68. The van der Waals surface area contributed by atoms with Gasteiger partial charge in [0.15, 0.2) is 11.6 Å². The van der Waals surface area contributed by atoms with Crippen molar-refractivity contribution in [2.75, 3.05) is 6.61 Å². The Morgan fingerprint density at radius 3 is 1.95 bits per heavy atom. The molecule has 0 heterocycles. The van der Waals surface area contributed by atoms with Crippen molar-refractivity contribution < 1.29 is 18.7 Å². The summed E-state index contributed by atoms with van der Waals surface area (Å²) in [4.78, 5) is 12.6. The first-order valence-electron chi connectivity index (χ1n) is 13.9. The highest BCUT2D eigenvalue weighted by molar-refractivity contribution is 5.91. The van der Waals surface area contributed by atoms with Gasteiger partial charge in [-0.15, -0.1) is 0 Å². The average molecular weight is 505 g/mol. The number of carbonyl (C=O) groups is 1. The predicted molar refractivity (Wildman–Crippen MR) is 150 cm³/mol. The van der Waals surface area contributed by atoms with Crippen LogP contribution in [0.3, 0.4) is 0 Å². The van der Waals surface area contributed by atoms with E-state index in [1.807, 2.05) is 12.1 Å². The lowest BCUT2D eigenvalue weighted by Crippen LogP contribution is -2.09. The molecule has 0 saturated heterocycles. The molecule has 4 heteroatoms. The zero-order valence-electron chi connectivity index (χ0n) is 22.4. The summed E-state index contributed by atoms with van der Waals surface area (Å²) < 4.78 is 25.5. The molecule has 3 rings (SSSR count). The number of carbonyl (C=O) groups excluding carboxylic acids is 1. The van der Waals surface area contributed by atoms with E-state index in [1.54, 1.807) is 18.2 Å². The summed E-state index contributed by atoms with van der Waals surface area (Å²) in [5.41, 5.74) is 3.67. The Labute approximate surface area is 222 Å². The Morgan fingerprint density at radius 2 is 1.30 bits per heavy atom. The molecule has 0 N–H and O–H groups in total. The molecule has 198 valence electrons. The molecule has 0 spiro atoms. The summed E-state index contributed by atoms with van der Waals surface area (Å²) in [6.07, 6.45) is 13.0. The Bertz CT molecular complexity index is 1070. The van der Waals surface area contributed by atoms with Crippen LogP contribution in [0.15, 0.2) is 66.7 Å². The lowest BCUT2D eigenvalue weighted by Gasteiger charge is -2.10. The molecule has 0 amide bonds. The number of rotatable bonds is 16. The average Bonchev–Trinajstić information content (AvgIpc) is 2.92. The Kier molecular flexibility index (Phi) is 12.2. The first-order valence-corrected chi connectivity index (χ1v) is 13.9. The maximum absolute atomic E-state index is 14.5. The molecular weight excluding hydrogens is 463 g/mol. The number of benzene rings is 3. The molecule has 0 unspecified atom stereocenters. The smallest absolute Gasteiger partial charge is 0.343 e. The van der Waals surface area contributed by atoms with Crippen LogP contribution in [0.4, 0.5) is 4.39 Å². The largest absolute Gasteiger partial charge is 0.491 e.